The molecule has 0 bridgehead atoms. The third-order valence-electron chi connectivity index (χ3n) is 6.46. The number of likely N-dealkylation sites (tertiary alicyclic amines) is 1. The Morgan fingerprint density at radius 2 is 1.69 bits per heavy atom. The summed E-state index contributed by atoms with van der Waals surface area (Å²) in [5.41, 5.74) is 3.92. The van der Waals surface area contributed by atoms with Gasteiger partial charge >= 0.3 is 0 Å². The second-order valence-electron chi connectivity index (χ2n) is 8.58. The molecule has 0 radical (unpaired) electrons. The fourth-order valence-corrected chi connectivity index (χ4v) is 4.90. The van der Waals surface area contributed by atoms with Gasteiger partial charge in [-0.15, -0.1) is 0 Å². The van der Waals surface area contributed by atoms with Crippen molar-refractivity contribution >= 4 is 5.69 Å². The fourth-order valence-electron chi connectivity index (χ4n) is 4.90. The Bertz CT molecular complexity index is 825. The number of hydrogen-bond acceptors (Lipinski definition) is 4. The summed E-state index contributed by atoms with van der Waals surface area (Å²) in [7, 11) is 0. The molecule has 0 aliphatic carbocycles. The number of nitrogens with zero attached hydrogens (tertiary/aromatic N) is 3. The minimum Gasteiger partial charge on any atom is -0.507 e. The lowest BCUT2D eigenvalue weighted by molar-refractivity contribution is 0.0886. The third-order valence-corrected chi connectivity index (χ3v) is 6.46. The quantitative estimate of drug-likeness (QED) is 0.847. The van der Waals surface area contributed by atoms with Gasteiger partial charge in [0.25, 0.3) is 0 Å². The largest absolute Gasteiger partial charge is 0.507 e. The molecule has 1 atom stereocenters. The van der Waals surface area contributed by atoms with Crippen molar-refractivity contribution in [3.63, 3.8) is 0 Å². The minimum atomic E-state index is -0.121. The molecule has 0 amide bonds. The molecule has 1 N–H and O–H groups in total. The summed E-state index contributed by atoms with van der Waals surface area (Å²) < 4.78 is 14.1. The predicted molar refractivity (Wildman–Crippen MR) is 116 cm³/mol. The Morgan fingerprint density at radius 3 is 2.38 bits per heavy atom. The van der Waals surface area contributed by atoms with Crippen molar-refractivity contribution in [1.82, 2.24) is 9.80 Å². The average molecular weight is 398 g/mol. The van der Waals surface area contributed by atoms with Gasteiger partial charge in [-0.2, -0.15) is 0 Å². The SMILES string of the molecule is Cc1cc(CN2CCC[C@H](N3CCN(c4ccccc4F)CC3)C2)cc(C)c1O. The molecule has 2 aliphatic heterocycles. The molecule has 4 rings (SSSR count). The molecule has 0 aromatic heterocycles. The van der Waals surface area contributed by atoms with Gasteiger partial charge in [-0.3, -0.25) is 9.80 Å². The zero-order valence-electron chi connectivity index (χ0n) is 17.6. The van der Waals surface area contributed by atoms with Crippen molar-refractivity contribution < 1.29 is 9.50 Å². The van der Waals surface area contributed by atoms with Crippen LogP contribution in [0.5, 0.6) is 5.75 Å². The topological polar surface area (TPSA) is 30.0 Å². The van der Waals surface area contributed by atoms with Crippen LogP contribution in [0.3, 0.4) is 0 Å². The number of aromatic hydroxyl groups is 1. The Kier molecular flexibility index (Phi) is 6.07. The Morgan fingerprint density at radius 1 is 1.00 bits per heavy atom. The van der Waals surface area contributed by atoms with Crippen molar-refractivity contribution in [2.45, 2.75) is 39.3 Å². The van der Waals surface area contributed by atoms with E-state index in [1.165, 1.54) is 18.4 Å². The van der Waals surface area contributed by atoms with Crippen LogP contribution >= 0.6 is 0 Å². The van der Waals surface area contributed by atoms with Gasteiger partial charge in [-0.25, -0.2) is 4.39 Å². The van der Waals surface area contributed by atoms with E-state index in [1.807, 2.05) is 26.0 Å². The number of phenolic OH excluding ortho intramolecular Hbond substituents is 1. The molecular formula is C24H32FN3O. The Hall–Kier alpha value is -2.11. The molecule has 2 saturated heterocycles. The highest BCUT2D eigenvalue weighted by Gasteiger charge is 2.28. The van der Waals surface area contributed by atoms with Crippen molar-refractivity contribution in [3.8, 4) is 5.75 Å². The van der Waals surface area contributed by atoms with Gasteiger partial charge in [-0.05, 0) is 62.1 Å². The Balaban J connectivity index is 1.34. The average Bonchev–Trinajstić information content (AvgIpc) is 2.73. The molecule has 4 nitrogen and oxygen atoms in total. The molecule has 2 aliphatic rings. The van der Waals surface area contributed by atoms with E-state index in [9.17, 15) is 9.50 Å². The number of anilines is 1. The molecule has 0 spiro atoms. The standard InChI is InChI=1S/C24H32FN3O/c1-18-14-20(15-19(2)24(18)29)16-26-9-5-6-21(17-26)27-10-12-28(13-11-27)23-8-4-3-7-22(23)25/h3-4,7-8,14-15,21,29H,5-6,9-13,16-17H2,1-2H3/t21-/m0/s1. The molecule has 5 heteroatoms. The highest BCUT2D eigenvalue weighted by molar-refractivity contribution is 5.48. The number of hydrogen-bond donors (Lipinski definition) is 1. The van der Waals surface area contributed by atoms with E-state index in [-0.39, 0.29) is 5.82 Å². The van der Waals surface area contributed by atoms with Gasteiger partial charge in [0.15, 0.2) is 0 Å². The molecule has 0 saturated carbocycles. The highest BCUT2D eigenvalue weighted by Crippen LogP contribution is 2.26. The van der Waals surface area contributed by atoms with Crippen LogP contribution in [0.4, 0.5) is 10.1 Å². The lowest BCUT2D eigenvalue weighted by Crippen LogP contribution is -2.55. The predicted octanol–water partition coefficient (Wildman–Crippen LogP) is 3.93. The van der Waals surface area contributed by atoms with E-state index in [2.05, 4.69) is 26.8 Å². The van der Waals surface area contributed by atoms with Gasteiger partial charge < -0.3 is 10.0 Å². The third kappa shape index (κ3) is 4.57. The maximum atomic E-state index is 14.1. The number of aryl methyl sites for hydroxylation is 2. The molecule has 2 fully saturated rings. The second kappa shape index (κ2) is 8.72. The van der Waals surface area contributed by atoms with Crippen LogP contribution in [0.25, 0.3) is 0 Å². The van der Waals surface area contributed by atoms with Crippen LogP contribution < -0.4 is 4.90 Å². The van der Waals surface area contributed by atoms with E-state index in [4.69, 9.17) is 0 Å². The first-order valence-electron chi connectivity index (χ1n) is 10.8. The van der Waals surface area contributed by atoms with Crippen LogP contribution in [0, 0.1) is 19.7 Å². The summed E-state index contributed by atoms with van der Waals surface area (Å²) in [5, 5.41) is 10.0. The zero-order valence-corrected chi connectivity index (χ0v) is 17.6. The Labute approximate surface area is 173 Å². The number of piperazine rings is 1. The summed E-state index contributed by atoms with van der Waals surface area (Å²) in [6.07, 6.45) is 2.46. The normalized spacial score (nSPS) is 21.5. The molecule has 29 heavy (non-hydrogen) atoms. The first-order valence-corrected chi connectivity index (χ1v) is 10.8. The van der Waals surface area contributed by atoms with Crippen molar-refractivity contribution in [2.75, 3.05) is 44.2 Å². The zero-order chi connectivity index (χ0) is 20.4. The number of para-hydroxylation sites is 1. The maximum absolute atomic E-state index is 14.1. The molecule has 0 unspecified atom stereocenters. The van der Waals surface area contributed by atoms with Crippen LogP contribution in [0.2, 0.25) is 0 Å². The first kappa shape index (κ1) is 20.2. The van der Waals surface area contributed by atoms with E-state index in [0.29, 0.717) is 11.8 Å². The van der Waals surface area contributed by atoms with Crippen molar-refractivity contribution in [1.29, 1.82) is 0 Å². The first-order chi connectivity index (χ1) is 14.0. The molecule has 2 heterocycles. The van der Waals surface area contributed by atoms with Gasteiger partial charge in [0.1, 0.15) is 11.6 Å². The van der Waals surface area contributed by atoms with Crippen LogP contribution in [-0.4, -0.2) is 60.2 Å². The number of rotatable bonds is 4. The van der Waals surface area contributed by atoms with Gasteiger partial charge in [-0.1, -0.05) is 24.3 Å². The van der Waals surface area contributed by atoms with Crippen LogP contribution in [-0.2, 0) is 6.54 Å². The fraction of sp³-hybridized carbons (Fsp3) is 0.500. The van der Waals surface area contributed by atoms with Gasteiger partial charge in [0, 0.05) is 45.3 Å². The summed E-state index contributed by atoms with van der Waals surface area (Å²) in [6.45, 7) is 10.8. The summed E-state index contributed by atoms with van der Waals surface area (Å²) in [6, 6.07) is 11.9. The maximum Gasteiger partial charge on any atom is 0.146 e. The second-order valence-corrected chi connectivity index (χ2v) is 8.58. The van der Waals surface area contributed by atoms with Gasteiger partial charge in [0.05, 0.1) is 5.69 Å². The molecule has 156 valence electrons. The monoisotopic (exact) mass is 397 g/mol. The lowest BCUT2D eigenvalue weighted by Gasteiger charge is -2.44. The van der Waals surface area contributed by atoms with E-state index >= 15 is 0 Å². The summed E-state index contributed by atoms with van der Waals surface area (Å²) in [4.78, 5) is 7.31. The van der Waals surface area contributed by atoms with E-state index in [1.54, 1.807) is 12.1 Å². The number of phenols is 1. The number of benzene rings is 2. The van der Waals surface area contributed by atoms with Crippen molar-refractivity contribution in [2.24, 2.45) is 0 Å². The molecule has 2 aromatic carbocycles. The van der Waals surface area contributed by atoms with Crippen LogP contribution in [0.15, 0.2) is 36.4 Å². The highest BCUT2D eigenvalue weighted by atomic mass is 19.1. The van der Waals surface area contributed by atoms with E-state index in [0.717, 1.165) is 62.6 Å². The smallest absolute Gasteiger partial charge is 0.146 e. The lowest BCUT2D eigenvalue weighted by atomic mass is 10.0. The van der Waals surface area contributed by atoms with Gasteiger partial charge in [0.2, 0.25) is 0 Å². The van der Waals surface area contributed by atoms with Crippen molar-refractivity contribution in [3.05, 3.63) is 58.9 Å². The van der Waals surface area contributed by atoms with Crippen LogP contribution in [0.1, 0.15) is 29.5 Å². The molecular weight excluding hydrogens is 365 g/mol. The summed E-state index contributed by atoms with van der Waals surface area (Å²) in [5.74, 6) is 0.294. The molecule has 2 aromatic rings. The number of halogens is 1. The number of piperidine rings is 1. The summed E-state index contributed by atoms with van der Waals surface area (Å²) >= 11 is 0. The minimum absolute atomic E-state index is 0.121. The van der Waals surface area contributed by atoms with E-state index < -0.39 is 0 Å².